The smallest absolute Gasteiger partial charge is 0.328 e. The van der Waals surface area contributed by atoms with Crippen molar-refractivity contribution in [2.24, 2.45) is 0 Å². The lowest BCUT2D eigenvalue weighted by atomic mass is 10.1. The molecule has 2 atom stereocenters. The van der Waals surface area contributed by atoms with E-state index in [2.05, 4.69) is 21.2 Å². The lowest BCUT2D eigenvalue weighted by Gasteiger charge is -2.17. The number of nitrogens with one attached hydrogen (secondary N) is 1. The minimum absolute atomic E-state index is 0.0864. The van der Waals surface area contributed by atoms with E-state index in [1.807, 2.05) is 0 Å². The number of aliphatic hydroxyl groups excluding tert-OH is 1. The minimum atomic E-state index is -1.42. The number of aliphatic carboxylic acids is 1. The van der Waals surface area contributed by atoms with Crippen LogP contribution in [-0.2, 0) is 4.79 Å². The number of halogens is 2. The molecule has 1 rings (SSSR count). The third-order valence-corrected chi connectivity index (χ3v) is 2.87. The molecule has 98 valence electrons. The maximum Gasteiger partial charge on any atom is 0.328 e. The Bertz CT molecular complexity index is 478. The fourth-order valence-electron chi connectivity index (χ4n) is 1.28. The highest BCUT2D eigenvalue weighted by atomic mass is 79.9. The first-order valence-corrected chi connectivity index (χ1v) is 5.79. The van der Waals surface area contributed by atoms with Crippen LogP contribution in [0.2, 0.25) is 0 Å². The topological polar surface area (TPSA) is 86.6 Å². The summed E-state index contributed by atoms with van der Waals surface area (Å²) in [5, 5.41) is 20.2. The first-order chi connectivity index (χ1) is 8.32. The first-order valence-electron chi connectivity index (χ1n) is 4.99. The Morgan fingerprint density at radius 3 is 2.50 bits per heavy atom. The second kappa shape index (κ2) is 5.92. The van der Waals surface area contributed by atoms with E-state index in [1.165, 1.54) is 13.0 Å². The number of hydrogen-bond acceptors (Lipinski definition) is 3. The summed E-state index contributed by atoms with van der Waals surface area (Å²) in [5.41, 5.74) is 0.0864. The van der Waals surface area contributed by atoms with Gasteiger partial charge in [-0.1, -0.05) is 0 Å². The summed E-state index contributed by atoms with van der Waals surface area (Å²) in [7, 11) is 0. The first kappa shape index (κ1) is 14.6. The van der Waals surface area contributed by atoms with E-state index in [9.17, 15) is 19.1 Å². The van der Waals surface area contributed by atoms with Gasteiger partial charge in [0, 0.05) is 4.47 Å². The van der Waals surface area contributed by atoms with E-state index in [0.29, 0.717) is 0 Å². The van der Waals surface area contributed by atoms with Crippen LogP contribution < -0.4 is 5.32 Å². The molecule has 3 N–H and O–H groups in total. The van der Waals surface area contributed by atoms with E-state index in [-0.39, 0.29) is 10.0 Å². The highest BCUT2D eigenvalue weighted by molar-refractivity contribution is 9.10. The Kier molecular flexibility index (Phi) is 4.80. The summed E-state index contributed by atoms with van der Waals surface area (Å²) in [6, 6.07) is 1.97. The predicted octanol–water partition coefficient (Wildman–Crippen LogP) is 1.15. The van der Waals surface area contributed by atoms with Crippen molar-refractivity contribution in [2.45, 2.75) is 19.1 Å². The normalized spacial score (nSPS) is 13.8. The Balaban J connectivity index is 2.91. The van der Waals surface area contributed by atoms with Crippen LogP contribution in [0.3, 0.4) is 0 Å². The molecule has 0 aliphatic heterocycles. The molecule has 0 saturated carbocycles. The lowest BCUT2D eigenvalue weighted by Crippen LogP contribution is -2.47. The Morgan fingerprint density at radius 2 is 2.06 bits per heavy atom. The quantitative estimate of drug-likeness (QED) is 0.777. The number of carboxylic acid groups (broad SMARTS) is 1. The standard InChI is InChI=1S/C11H11BrFNO4/c1-5(15)9(11(17)18)14-10(16)7-3-2-6(13)4-8(7)12/h2-5,9,15H,1H3,(H,14,16)(H,17,18). The number of carbonyl (C=O) groups excluding carboxylic acids is 1. The van der Waals surface area contributed by atoms with Gasteiger partial charge in [-0.05, 0) is 41.1 Å². The van der Waals surface area contributed by atoms with Crippen LogP contribution in [0.25, 0.3) is 0 Å². The average Bonchev–Trinajstić information content (AvgIpc) is 2.24. The fraction of sp³-hybridized carbons (Fsp3) is 0.273. The summed E-state index contributed by atoms with van der Waals surface area (Å²) in [5.74, 6) is -2.59. The average molecular weight is 320 g/mol. The van der Waals surface area contributed by atoms with Crippen LogP contribution in [0, 0.1) is 5.82 Å². The van der Waals surface area contributed by atoms with Crippen LogP contribution in [0.5, 0.6) is 0 Å². The van der Waals surface area contributed by atoms with Crippen LogP contribution in [-0.4, -0.2) is 34.2 Å². The molecule has 1 aromatic carbocycles. The van der Waals surface area contributed by atoms with E-state index in [0.717, 1.165) is 12.1 Å². The molecular weight excluding hydrogens is 309 g/mol. The number of aliphatic hydroxyl groups is 1. The van der Waals surface area contributed by atoms with Crippen molar-refractivity contribution in [3.8, 4) is 0 Å². The van der Waals surface area contributed by atoms with Crippen LogP contribution in [0.1, 0.15) is 17.3 Å². The zero-order valence-corrected chi connectivity index (χ0v) is 10.9. The van der Waals surface area contributed by atoms with Crippen molar-refractivity contribution in [3.63, 3.8) is 0 Å². The molecular formula is C11H11BrFNO4. The molecule has 2 unspecified atom stereocenters. The summed E-state index contributed by atoms with van der Waals surface area (Å²) in [4.78, 5) is 22.6. The van der Waals surface area contributed by atoms with Crippen molar-refractivity contribution >= 4 is 27.8 Å². The summed E-state index contributed by atoms with van der Waals surface area (Å²) in [6.07, 6.45) is -1.24. The van der Waals surface area contributed by atoms with E-state index in [4.69, 9.17) is 5.11 Å². The largest absolute Gasteiger partial charge is 0.480 e. The maximum atomic E-state index is 12.8. The molecule has 0 aliphatic rings. The van der Waals surface area contributed by atoms with Crippen LogP contribution in [0.4, 0.5) is 4.39 Å². The molecule has 18 heavy (non-hydrogen) atoms. The van der Waals surface area contributed by atoms with Gasteiger partial charge >= 0.3 is 5.97 Å². The van der Waals surface area contributed by atoms with Gasteiger partial charge in [-0.2, -0.15) is 0 Å². The second-order valence-corrected chi connectivity index (χ2v) is 4.51. The molecule has 0 bridgehead atoms. The number of benzene rings is 1. The van der Waals surface area contributed by atoms with Crippen molar-refractivity contribution in [3.05, 3.63) is 34.1 Å². The van der Waals surface area contributed by atoms with Crippen molar-refractivity contribution in [1.29, 1.82) is 0 Å². The van der Waals surface area contributed by atoms with Crippen LogP contribution >= 0.6 is 15.9 Å². The van der Waals surface area contributed by atoms with Crippen molar-refractivity contribution in [2.75, 3.05) is 0 Å². The highest BCUT2D eigenvalue weighted by Crippen LogP contribution is 2.18. The summed E-state index contributed by atoms with van der Waals surface area (Å²) in [6.45, 7) is 1.25. The number of carboxylic acids is 1. The summed E-state index contributed by atoms with van der Waals surface area (Å²) >= 11 is 3.00. The van der Waals surface area contributed by atoms with Gasteiger partial charge in [0.25, 0.3) is 5.91 Å². The second-order valence-electron chi connectivity index (χ2n) is 3.65. The highest BCUT2D eigenvalue weighted by Gasteiger charge is 2.26. The molecule has 0 spiro atoms. The number of amides is 1. The van der Waals surface area contributed by atoms with Gasteiger partial charge in [-0.15, -0.1) is 0 Å². The summed E-state index contributed by atoms with van der Waals surface area (Å²) < 4.78 is 13.0. The Labute approximate surface area is 111 Å². The molecule has 0 heterocycles. The van der Waals surface area contributed by atoms with E-state index >= 15 is 0 Å². The molecule has 5 nitrogen and oxygen atoms in total. The third kappa shape index (κ3) is 3.51. The number of hydrogen-bond donors (Lipinski definition) is 3. The molecule has 1 aromatic rings. The Hall–Kier alpha value is -1.47. The monoisotopic (exact) mass is 319 g/mol. The Morgan fingerprint density at radius 1 is 1.44 bits per heavy atom. The van der Waals surface area contributed by atoms with Gasteiger partial charge < -0.3 is 15.5 Å². The third-order valence-electron chi connectivity index (χ3n) is 2.21. The van der Waals surface area contributed by atoms with Gasteiger partial charge in [0.05, 0.1) is 11.7 Å². The predicted molar refractivity (Wildman–Crippen MR) is 64.7 cm³/mol. The SMILES string of the molecule is CC(O)C(NC(=O)c1ccc(F)cc1Br)C(=O)O. The van der Waals surface area contributed by atoms with Crippen LogP contribution in [0.15, 0.2) is 22.7 Å². The molecule has 1 amide bonds. The number of carbonyl (C=O) groups is 2. The lowest BCUT2D eigenvalue weighted by molar-refractivity contribution is -0.141. The van der Waals surface area contributed by atoms with Gasteiger partial charge in [0.15, 0.2) is 6.04 Å². The zero-order valence-electron chi connectivity index (χ0n) is 9.35. The van der Waals surface area contributed by atoms with E-state index in [1.54, 1.807) is 0 Å². The van der Waals surface area contributed by atoms with Gasteiger partial charge in [0.2, 0.25) is 0 Å². The minimum Gasteiger partial charge on any atom is -0.480 e. The zero-order chi connectivity index (χ0) is 13.9. The molecule has 0 aliphatic carbocycles. The fourth-order valence-corrected chi connectivity index (χ4v) is 1.81. The van der Waals surface area contributed by atoms with Gasteiger partial charge in [-0.25, -0.2) is 9.18 Å². The van der Waals surface area contributed by atoms with Gasteiger partial charge in [0.1, 0.15) is 5.82 Å². The van der Waals surface area contributed by atoms with E-state index < -0.39 is 29.8 Å². The molecule has 7 heteroatoms. The molecule has 0 saturated heterocycles. The molecule has 0 fully saturated rings. The van der Waals surface area contributed by atoms with Crippen molar-refractivity contribution in [1.82, 2.24) is 5.32 Å². The molecule has 0 radical (unpaired) electrons. The number of rotatable bonds is 4. The van der Waals surface area contributed by atoms with Gasteiger partial charge in [-0.3, -0.25) is 4.79 Å². The van der Waals surface area contributed by atoms with Crippen molar-refractivity contribution < 1.29 is 24.2 Å². The maximum absolute atomic E-state index is 12.8. The molecule has 0 aromatic heterocycles.